The van der Waals surface area contributed by atoms with Crippen molar-refractivity contribution in [1.82, 2.24) is 0 Å². The average molecular weight is 448 g/mol. The summed E-state index contributed by atoms with van der Waals surface area (Å²) >= 11 is 0. The van der Waals surface area contributed by atoms with Gasteiger partial charge in [0.05, 0.1) is 0 Å². The molecule has 4 N–H and O–H groups in total. The molecule has 0 fully saturated rings. The highest BCUT2D eigenvalue weighted by atomic mass is 32.2. The van der Waals surface area contributed by atoms with Crippen LogP contribution in [0.1, 0.15) is 0 Å². The summed E-state index contributed by atoms with van der Waals surface area (Å²) in [5, 5.41) is -1.72. The molecule has 0 radical (unpaired) electrons. The van der Waals surface area contributed by atoms with Crippen LogP contribution in [0.5, 0.6) is 0 Å². The third-order valence-corrected chi connectivity index (χ3v) is 7.06. The third kappa shape index (κ3) is 3.71. The molecule has 0 aliphatic rings. The fourth-order valence-corrected chi connectivity index (χ4v) is 6.24. The van der Waals surface area contributed by atoms with Gasteiger partial charge >= 0.3 is 0 Å². The van der Waals surface area contributed by atoms with Crippen LogP contribution in [0.25, 0.3) is 10.8 Å². The van der Waals surface area contributed by atoms with E-state index in [1.165, 1.54) is 0 Å². The molecule has 0 saturated carbocycles. The molecular weight excluding hydrogens is 440 g/mol. The number of hydrogen-bond donors (Lipinski definition) is 4. The predicted molar refractivity (Wildman–Crippen MR) is 83.2 cm³/mol. The summed E-state index contributed by atoms with van der Waals surface area (Å²) in [5.41, 5.74) is 0. The molecule has 0 bridgehead atoms. The summed E-state index contributed by atoms with van der Waals surface area (Å²) in [5.74, 6) is 0. The Morgan fingerprint density at radius 2 is 0.731 bits per heavy atom. The van der Waals surface area contributed by atoms with E-state index in [0.717, 1.165) is 0 Å². The Kier molecular flexibility index (Phi) is 4.71. The van der Waals surface area contributed by atoms with Crippen molar-refractivity contribution in [1.29, 1.82) is 0 Å². The van der Waals surface area contributed by atoms with Crippen molar-refractivity contribution < 1.29 is 51.9 Å². The summed E-state index contributed by atoms with van der Waals surface area (Å²) in [7, 11) is -21.2. The molecule has 0 spiro atoms. The first-order valence-electron chi connectivity index (χ1n) is 5.95. The standard InChI is InChI=1S/C10H8O12S4/c11-23(12,13)7-3-1-5-6(10(7)26(20,21)22)2-4-8(24(14,15)16)9(5)25(17,18)19/h1-4H,(H,11,12,13)(H,14,15,16)(H,17,18,19)(H,20,21,22). The van der Waals surface area contributed by atoms with Crippen molar-refractivity contribution in [3.05, 3.63) is 24.3 Å². The third-order valence-electron chi connectivity index (χ3n) is 3.10. The van der Waals surface area contributed by atoms with Crippen LogP contribution in [0, 0.1) is 0 Å². The summed E-state index contributed by atoms with van der Waals surface area (Å²) in [6.45, 7) is 0. The Balaban J connectivity index is 3.31. The summed E-state index contributed by atoms with van der Waals surface area (Å²) in [6, 6.07) is 1.85. The lowest BCUT2D eigenvalue weighted by Gasteiger charge is -2.13. The molecule has 0 atom stereocenters. The molecule has 2 aromatic carbocycles. The van der Waals surface area contributed by atoms with E-state index in [1.807, 2.05) is 0 Å². The van der Waals surface area contributed by atoms with Crippen molar-refractivity contribution in [2.75, 3.05) is 0 Å². The van der Waals surface area contributed by atoms with Gasteiger partial charge in [0, 0.05) is 10.8 Å². The van der Waals surface area contributed by atoms with Crippen LogP contribution in [0.2, 0.25) is 0 Å². The average Bonchev–Trinajstić information content (AvgIpc) is 2.40. The lowest BCUT2D eigenvalue weighted by atomic mass is 10.1. The Bertz CT molecular complexity index is 1240. The first kappa shape index (κ1) is 20.6. The molecule has 0 aliphatic heterocycles. The maximum Gasteiger partial charge on any atom is 0.296 e. The zero-order chi connectivity index (χ0) is 20.3. The summed E-state index contributed by atoms with van der Waals surface area (Å²) < 4.78 is 128. The van der Waals surface area contributed by atoms with Crippen LogP contribution in [0.15, 0.2) is 43.8 Å². The first-order chi connectivity index (χ1) is 11.5. The van der Waals surface area contributed by atoms with Gasteiger partial charge < -0.3 is 0 Å². The second-order valence-electron chi connectivity index (χ2n) is 4.78. The van der Waals surface area contributed by atoms with Gasteiger partial charge in [-0.2, -0.15) is 33.7 Å². The van der Waals surface area contributed by atoms with Gasteiger partial charge in [-0.25, -0.2) is 0 Å². The SMILES string of the molecule is O=S(=O)(O)c1ccc2c(S(=O)(=O)O)c(S(=O)(=O)O)ccc2c1S(=O)(=O)O. The number of hydrogen-bond acceptors (Lipinski definition) is 8. The van der Waals surface area contributed by atoms with E-state index in [1.54, 1.807) is 0 Å². The highest BCUT2D eigenvalue weighted by molar-refractivity contribution is 7.89. The molecular formula is C10H8O12S4. The van der Waals surface area contributed by atoms with E-state index in [4.69, 9.17) is 9.11 Å². The molecule has 0 saturated heterocycles. The monoisotopic (exact) mass is 448 g/mol. The summed E-state index contributed by atoms with van der Waals surface area (Å²) in [4.78, 5) is -5.56. The smallest absolute Gasteiger partial charge is 0.282 e. The van der Waals surface area contributed by atoms with Crippen LogP contribution < -0.4 is 0 Å². The maximum absolute atomic E-state index is 11.6. The van der Waals surface area contributed by atoms with Crippen molar-refractivity contribution in [2.24, 2.45) is 0 Å². The van der Waals surface area contributed by atoms with E-state index < -0.39 is 70.8 Å². The van der Waals surface area contributed by atoms with Crippen LogP contribution in [0.3, 0.4) is 0 Å². The van der Waals surface area contributed by atoms with Gasteiger partial charge in [-0.1, -0.05) is 12.1 Å². The van der Waals surface area contributed by atoms with Gasteiger partial charge in [-0.15, -0.1) is 0 Å². The lowest BCUT2D eigenvalue weighted by molar-refractivity contribution is 0.466. The fourth-order valence-electron chi connectivity index (χ4n) is 2.25. The Hall–Kier alpha value is -1.66. The largest absolute Gasteiger partial charge is 0.296 e. The highest BCUT2D eigenvalue weighted by Crippen LogP contribution is 2.36. The van der Waals surface area contributed by atoms with Crippen LogP contribution in [-0.4, -0.2) is 51.9 Å². The molecule has 2 rings (SSSR count). The molecule has 26 heavy (non-hydrogen) atoms. The van der Waals surface area contributed by atoms with Gasteiger partial charge in [0.2, 0.25) is 0 Å². The predicted octanol–water partition coefficient (Wildman–Crippen LogP) is -0.173. The number of rotatable bonds is 4. The normalized spacial score (nSPS) is 13.8. The highest BCUT2D eigenvalue weighted by Gasteiger charge is 2.32. The quantitative estimate of drug-likeness (QED) is 0.448. The second kappa shape index (κ2) is 5.92. The van der Waals surface area contributed by atoms with Gasteiger partial charge in [-0.05, 0) is 12.1 Å². The van der Waals surface area contributed by atoms with E-state index in [-0.39, 0.29) is 0 Å². The molecule has 16 heteroatoms. The van der Waals surface area contributed by atoms with E-state index >= 15 is 0 Å². The zero-order valence-corrected chi connectivity index (χ0v) is 15.3. The minimum absolute atomic E-state index is 0.364. The first-order valence-corrected chi connectivity index (χ1v) is 11.7. The molecule has 0 aromatic heterocycles. The van der Waals surface area contributed by atoms with Gasteiger partial charge in [-0.3, -0.25) is 18.2 Å². The number of benzene rings is 2. The Labute approximate surface area is 147 Å². The molecule has 0 amide bonds. The van der Waals surface area contributed by atoms with Crippen molar-refractivity contribution in [3.8, 4) is 0 Å². The van der Waals surface area contributed by atoms with Gasteiger partial charge in [0.1, 0.15) is 19.6 Å². The lowest BCUT2D eigenvalue weighted by Crippen LogP contribution is -2.12. The second-order valence-corrected chi connectivity index (χ2v) is 10.3. The van der Waals surface area contributed by atoms with Gasteiger partial charge in [0.15, 0.2) is 0 Å². The van der Waals surface area contributed by atoms with E-state index in [9.17, 15) is 42.8 Å². The van der Waals surface area contributed by atoms with E-state index in [2.05, 4.69) is 0 Å². The molecule has 0 aliphatic carbocycles. The van der Waals surface area contributed by atoms with Crippen molar-refractivity contribution in [3.63, 3.8) is 0 Å². The van der Waals surface area contributed by atoms with Gasteiger partial charge in [0.25, 0.3) is 40.5 Å². The van der Waals surface area contributed by atoms with Crippen molar-refractivity contribution in [2.45, 2.75) is 19.6 Å². The number of fused-ring (bicyclic) bond motifs is 1. The molecule has 144 valence electrons. The van der Waals surface area contributed by atoms with Crippen LogP contribution in [0.4, 0.5) is 0 Å². The molecule has 0 heterocycles. The minimum Gasteiger partial charge on any atom is -0.282 e. The van der Waals surface area contributed by atoms with E-state index in [0.29, 0.717) is 24.3 Å². The molecule has 12 nitrogen and oxygen atoms in total. The molecule has 2 aromatic rings. The Morgan fingerprint density at radius 3 is 0.923 bits per heavy atom. The zero-order valence-electron chi connectivity index (χ0n) is 12.0. The van der Waals surface area contributed by atoms with Crippen molar-refractivity contribution >= 4 is 51.2 Å². The topological polar surface area (TPSA) is 217 Å². The maximum atomic E-state index is 11.6. The summed E-state index contributed by atoms with van der Waals surface area (Å²) in [6.07, 6.45) is 0. The van der Waals surface area contributed by atoms with Crippen LogP contribution in [-0.2, 0) is 40.5 Å². The van der Waals surface area contributed by atoms with Crippen LogP contribution >= 0.6 is 0 Å². The Morgan fingerprint density at radius 1 is 0.462 bits per heavy atom. The minimum atomic E-state index is -5.38. The molecule has 0 unspecified atom stereocenters. The fraction of sp³-hybridized carbons (Fsp3) is 0.